The highest BCUT2D eigenvalue weighted by Crippen LogP contribution is 2.32. The van der Waals surface area contributed by atoms with Crippen molar-refractivity contribution in [2.45, 2.75) is 31.6 Å². The number of benzene rings is 1. The number of rotatable bonds is 7. The van der Waals surface area contributed by atoms with Gasteiger partial charge in [-0.15, -0.1) is 0 Å². The van der Waals surface area contributed by atoms with E-state index in [0.29, 0.717) is 11.5 Å². The quantitative estimate of drug-likeness (QED) is 0.336. The highest BCUT2D eigenvalue weighted by Gasteiger charge is 2.25. The van der Waals surface area contributed by atoms with Gasteiger partial charge in [0.2, 0.25) is 11.7 Å². The van der Waals surface area contributed by atoms with Crippen molar-refractivity contribution < 1.29 is 14.3 Å². The molecule has 1 aromatic heterocycles. The van der Waals surface area contributed by atoms with E-state index in [4.69, 9.17) is 4.42 Å². The maximum atomic E-state index is 12.6. The zero-order valence-corrected chi connectivity index (χ0v) is 18.1. The van der Waals surface area contributed by atoms with Crippen molar-refractivity contribution in [1.29, 1.82) is 0 Å². The number of amidine groups is 1. The van der Waals surface area contributed by atoms with Crippen molar-refractivity contribution in [1.82, 2.24) is 15.0 Å². The Morgan fingerprint density at radius 2 is 2.20 bits per heavy atom. The third-order valence-electron chi connectivity index (χ3n) is 4.04. The summed E-state index contributed by atoms with van der Waals surface area (Å²) in [7, 11) is 0. The molecular weight excluding hydrogens is 400 g/mol. The molecule has 1 amide bonds. The van der Waals surface area contributed by atoms with Crippen molar-refractivity contribution in [2.75, 3.05) is 6.54 Å². The highest BCUT2D eigenvalue weighted by molar-refractivity contribution is 7.98. The lowest BCUT2D eigenvalue weighted by atomic mass is 9.96. The fourth-order valence-corrected chi connectivity index (χ4v) is 3.50. The van der Waals surface area contributed by atoms with Crippen molar-refractivity contribution in [2.24, 2.45) is 4.99 Å². The van der Waals surface area contributed by atoms with Gasteiger partial charge in [-0.1, -0.05) is 45.2 Å². The predicted molar refractivity (Wildman–Crippen MR) is 121 cm³/mol. The molecule has 1 aliphatic heterocycles. The molecule has 158 valence electrons. The fraction of sp³-hybridized carbons (Fsp3) is 0.227. The van der Waals surface area contributed by atoms with Gasteiger partial charge in [-0.05, 0) is 36.6 Å². The Bertz CT molecular complexity index is 965. The summed E-state index contributed by atoms with van der Waals surface area (Å²) in [5.41, 5.74) is 2.31. The summed E-state index contributed by atoms with van der Waals surface area (Å²) in [6.45, 7) is 13.3. The topological polar surface area (TPSA) is 99.8 Å². The molecule has 1 aromatic carbocycles. The second kappa shape index (κ2) is 11.1. The predicted octanol–water partition coefficient (Wildman–Crippen LogP) is 4.73. The first-order valence-electron chi connectivity index (χ1n) is 9.50. The molecule has 0 saturated carbocycles. The summed E-state index contributed by atoms with van der Waals surface area (Å²) in [6.07, 6.45) is 6.06. The summed E-state index contributed by atoms with van der Waals surface area (Å²) in [6, 6.07) is 5.83. The zero-order chi connectivity index (χ0) is 22.1. The Kier molecular flexibility index (Phi) is 8.49. The monoisotopic (exact) mass is 426 g/mol. The molecule has 2 aromatic rings. The second-order valence-electron chi connectivity index (χ2n) is 6.07. The molecule has 7 nitrogen and oxygen atoms in total. The minimum atomic E-state index is -0.527. The van der Waals surface area contributed by atoms with Crippen LogP contribution in [0.2, 0.25) is 0 Å². The number of aliphatic hydroxyl groups is 1. The van der Waals surface area contributed by atoms with Crippen molar-refractivity contribution in [3.63, 3.8) is 0 Å². The number of aromatic nitrogens is 1. The first-order valence-corrected chi connectivity index (χ1v) is 10.3. The van der Waals surface area contributed by atoms with Gasteiger partial charge in [0.05, 0.1) is 22.7 Å². The molecule has 3 N–H and O–H groups in total. The van der Waals surface area contributed by atoms with E-state index in [2.05, 4.69) is 33.2 Å². The molecule has 0 aliphatic carbocycles. The standard InChI is InChI=1S/C20H20N4O3S.C2H6/c1-4-5-14(13(3)25)15(20-21-8-9-27-20)11-22-19(26)18-23-16-7-6-12(2)10-17(16)28-24-18;1-2/h4-10,15,25H,1,3,11H2,2H3,(H,22,26)(H,23,24);1-2H3/b14-5+;. The summed E-state index contributed by atoms with van der Waals surface area (Å²) in [5.74, 6) is -0.509. The van der Waals surface area contributed by atoms with Crippen LogP contribution in [0.5, 0.6) is 0 Å². The molecule has 0 bridgehead atoms. The molecule has 1 unspecified atom stereocenters. The molecule has 2 heterocycles. The average molecular weight is 427 g/mol. The minimum Gasteiger partial charge on any atom is -0.508 e. The smallest absolute Gasteiger partial charge is 0.287 e. The van der Waals surface area contributed by atoms with Gasteiger partial charge in [0, 0.05) is 12.1 Å². The Labute approximate surface area is 180 Å². The number of fused-ring (bicyclic) bond motifs is 1. The number of aliphatic hydroxyl groups excluding tert-OH is 1. The lowest BCUT2D eigenvalue weighted by molar-refractivity contribution is -0.115. The van der Waals surface area contributed by atoms with Crippen LogP contribution in [0.15, 0.2) is 81.6 Å². The largest absolute Gasteiger partial charge is 0.508 e. The first kappa shape index (κ1) is 23.0. The van der Waals surface area contributed by atoms with Crippen LogP contribution in [0.1, 0.15) is 31.2 Å². The maximum absolute atomic E-state index is 12.6. The number of aryl methyl sites for hydroxylation is 1. The van der Waals surface area contributed by atoms with Gasteiger partial charge in [-0.3, -0.25) is 4.79 Å². The number of hydrogen-bond acceptors (Lipinski definition) is 7. The minimum absolute atomic E-state index is 0.130. The number of nitrogens with zero attached hydrogens (tertiary/aromatic N) is 2. The summed E-state index contributed by atoms with van der Waals surface area (Å²) in [4.78, 5) is 22.1. The van der Waals surface area contributed by atoms with Crippen LogP contribution in [0.4, 0.5) is 5.69 Å². The van der Waals surface area contributed by atoms with Crippen LogP contribution >= 0.6 is 11.9 Å². The zero-order valence-electron chi connectivity index (χ0n) is 17.3. The molecule has 0 radical (unpaired) electrons. The summed E-state index contributed by atoms with van der Waals surface area (Å²) < 4.78 is 8.32. The number of oxazole rings is 1. The molecule has 0 fully saturated rings. The van der Waals surface area contributed by atoms with E-state index in [-0.39, 0.29) is 24.0 Å². The number of allylic oxidation sites excluding steroid dienone is 3. The van der Waals surface area contributed by atoms with E-state index in [1.165, 1.54) is 30.5 Å². The number of carbonyl (C=O) groups excluding carboxylic acids is 1. The Morgan fingerprint density at radius 1 is 1.43 bits per heavy atom. The van der Waals surface area contributed by atoms with E-state index in [9.17, 15) is 9.90 Å². The van der Waals surface area contributed by atoms with Crippen molar-refractivity contribution in [3.8, 4) is 0 Å². The number of carbonyl (C=O) groups is 1. The van der Waals surface area contributed by atoms with Gasteiger partial charge in [0.15, 0.2) is 0 Å². The van der Waals surface area contributed by atoms with Crippen LogP contribution in [0, 0.1) is 6.92 Å². The molecule has 1 aliphatic rings. The van der Waals surface area contributed by atoms with E-state index >= 15 is 0 Å². The van der Waals surface area contributed by atoms with Gasteiger partial charge in [-0.2, -0.15) is 0 Å². The van der Waals surface area contributed by atoms with Crippen LogP contribution in [0.25, 0.3) is 0 Å². The van der Waals surface area contributed by atoms with E-state index in [1.54, 1.807) is 6.08 Å². The Hall–Kier alpha value is -3.26. The molecule has 3 rings (SSSR count). The van der Waals surface area contributed by atoms with E-state index < -0.39 is 5.92 Å². The highest BCUT2D eigenvalue weighted by atomic mass is 32.2. The normalized spacial score (nSPS) is 13.6. The van der Waals surface area contributed by atoms with Crippen LogP contribution in [-0.2, 0) is 4.79 Å². The van der Waals surface area contributed by atoms with Crippen molar-refractivity contribution >= 4 is 29.4 Å². The SMILES string of the molecule is C=C/C=C(\C(=C)O)C(CNC(=O)C1=Nc2ccc(C)cc2SN1)c1ncco1.CC. The number of amides is 1. The van der Waals surface area contributed by atoms with E-state index in [1.807, 2.05) is 39.0 Å². The molecular formula is C22H26N4O3S. The number of hydrogen-bond donors (Lipinski definition) is 3. The fourth-order valence-electron chi connectivity index (χ4n) is 2.69. The van der Waals surface area contributed by atoms with Crippen LogP contribution < -0.4 is 10.0 Å². The van der Waals surface area contributed by atoms with Gasteiger partial charge in [-0.25, -0.2) is 9.98 Å². The third kappa shape index (κ3) is 5.64. The van der Waals surface area contributed by atoms with Crippen molar-refractivity contribution in [3.05, 3.63) is 78.8 Å². The Morgan fingerprint density at radius 3 is 2.83 bits per heavy atom. The lowest BCUT2D eigenvalue weighted by Crippen LogP contribution is -2.40. The molecule has 0 saturated heterocycles. The van der Waals surface area contributed by atoms with Gasteiger partial charge in [0.1, 0.15) is 12.0 Å². The molecule has 1 atom stereocenters. The third-order valence-corrected chi connectivity index (χ3v) is 4.88. The summed E-state index contributed by atoms with van der Waals surface area (Å²) >= 11 is 1.34. The summed E-state index contributed by atoms with van der Waals surface area (Å²) in [5, 5.41) is 12.7. The number of aliphatic imine (C=N–C) groups is 1. The van der Waals surface area contributed by atoms with Gasteiger partial charge in [0.25, 0.3) is 5.91 Å². The van der Waals surface area contributed by atoms with Gasteiger partial charge < -0.3 is 19.6 Å². The first-order chi connectivity index (χ1) is 14.5. The molecule has 8 heteroatoms. The van der Waals surface area contributed by atoms with Crippen LogP contribution in [-0.4, -0.2) is 28.4 Å². The Balaban J connectivity index is 0.00000155. The maximum Gasteiger partial charge on any atom is 0.287 e. The molecule has 0 spiro atoms. The second-order valence-corrected chi connectivity index (χ2v) is 6.92. The van der Waals surface area contributed by atoms with Gasteiger partial charge >= 0.3 is 0 Å². The average Bonchev–Trinajstić information content (AvgIpc) is 3.28. The van der Waals surface area contributed by atoms with Crippen LogP contribution in [0.3, 0.4) is 0 Å². The van der Waals surface area contributed by atoms with E-state index in [0.717, 1.165) is 16.1 Å². The lowest BCUT2D eigenvalue weighted by Gasteiger charge is -2.19. The number of nitrogens with one attached hydrogen (secondary N) is 2. The molecule has 30 heavy (non-hydrogen) atoms.